The van der Waals surface area contributed by atoms with Gasteiger partial charge in [-0.1, -0.05) is 24.3 Å². The predicted molar refractivity (Wildman–Crippen MR) is 95.9 cm³/mol. The zero-order valence-electron chi connectivity index (χ0n) is 13.9. The molecule has 2 heterocycles. The van der Waals surface area contributed by atoms with E-state index in [4.69, 9.17) is 4.74 Å². The Labute approximate surface area is 150 Å². The van der Waals surface area contributed by atoms with E-state index in [1.807, 2.05) is 36.6 Å². The summed E-state index contributed by atoms with van der Waals surface area (Å²) in [5, 5.41) is 1.82. The monoisotopic (exact) mass is 357 g/mol. The van der Waals surface area contributed by atoms with Crippen LogP contribution in [0.15, 0.2) is 41.8 Å². The van der Waals surface area contributed by atoms with Crippen molar-refractivity contribution in [2.75, 3.05) is 11.5 Å². The largest absolute Gasteiger partial charge is 0.456 e. The van der Waals surface area contributed by atoms with Crippen molar-refractivity contribution in [3.63, 3.8) is 0 Å². The van der Waals surface area contributed by atoms with Crippen LogP contribution in [0, 0.1) is 0 Å². The number of amides is 1. The van der Waals surface area contributed by atoms with E-state index >= 15 is 0 Å². The number of thiophene rings is 1. The highest BCUT2D eigenvalue weighted by molar-refractivity contribution is 7.12. The molecule has 2 aromatic rings. The molecule has 0 unspecified atom stereocenters. The summed E-state index contributed by atoms with van der Waals surface area (Å²) in [5.41, 5.74) is 2.00. The highest BCUT2D eigenvalue weighted by Crippen LogP contribution is 2.31. The summed E-state index contributed by atoms with van der Waals surface area (Å²) < 4.78 is 5.07. The summed E-state index contributed by atoms with van der Waals surface area (Å²) in [6.07, 6.45) is 0.873. The number of nitrogens with zero attached hydrogens (tertiary/aromatic N) is 1. The van der Waals surface area contributed by atoms with Gasteiger partial charge in [-0.2, -0.15) is 0 Å². The van der Waals surface area contributed by atoms with E-state index < -0.39 is 5.97 Å². The number of esters is 1. The molecule has 0 aliphatic carbocycles. The van der Waals surface area contributed by atoms with Gasteiger partial charge in [0, 0.05) is 18.2 Å². The van der Waals surface area contributed by atoms with Crippen LogP contribution in [-0.2, 0) is 20.7 Å². The van der Waals surface area contributed by atoms with Gasteiger partial charge in [0.05, 0.1) is 11.3 Å². The van der Waals surface area contributed by atoms with Gasteiger partial charge in [0.1, 0.15) is 0 Å². The first kappa shape index (κ1) is 17.4. The number of carbonyl (C=O) groups excluding carboxylic acids is 3. The Morgan fingerprint density at radius 2 is 1.96 bits per heavy atom. The number of benzene rings is 1. The summed E-state index contributed by atoms with van der Waals surface area (Å²) >= 11 is 1.35. The molecular formula is C19H19NO4S. The normalized spacial score (nSPS) is 15.7. The lowest BCUT2D eigenvalue weighted by Crippen LogP contribution is -2.38. The number of hydrogen-bond acceptors (Lipinski definition) is 5. The van der Waals surface area contributed by atoms with Crippen molar-refractivity contribution in [1.29, 1.82) is 0 Å². The highest BCUT2D eigenvalue weighted by atomic mass is 32.1. The van der Waals surface area contributed by atoms with Crippen LogP contribution in [-0.4, -0.2) is 30.3 Å². The quantitative estimate of drug-likeness (QED) is 0.588. The molecule has 25 heavy (non-hydrogen) atoms. The molecule has 1 aromatic carbocycles. The number of fused-ring (bicyclic) bond motifs is 1. The number of Topliss-reactive ketones (excluding diaryl/α,β-unsaturated/α-hetero) is 1. The van der Waals surface area contributed by atoms with E-state index in [2.05, 4.69) is 0 Å². The van der Waals surface area contributed by atoms with Crippen LogP contribution < -0.4 is 4.90 Å². The second kappa shape index (κ2) is 7.61. The average molecular weight is 357 g/mol. The second-order valence-electron chi connectivity index (χ2n) is 6.01. The molecule has 6 heteroatoms. The maximum atomic E-state index is 12.4. The van der Waals surface area contributed by atoms with E-state index in [9.17, 15) is 14.4 Å². The maximum Gasteiger partial charge on any atom is 0.306 e. The molecule has 0 fully saturated rings. The molecule has 5 nitrogen and oxygen atoms in total. The van der Waals surface area contributed by atoms with Crippen LogP contribution in [0.4, 0.5) is 5.69 Å². The van der Waals surface area contributed by atoms with Crippen molar-refractivity contribution in [2.24, 2.45) is 0 Å². The third-order valence-electron chi connectivity index (χ3n) is 4.18. The van der Waals surface area contributed by atoms with Crippen molar-refractivity contribution >= 4 is 34.7 Å². The predicted octanol–water partition coefficient (Wildman–Crippen LogP) is 3.23. The maximum absolute atomic E-state index is 12.4. The third kappa shape index (κ3) is 3.96. The van der Waals surface area contributed by atoms with E-state index in [0.29, 0.717) is 4.88 Å². The number of para-hydroxylation sites is 1. The number of carbonyl (C=O) groups is 3. The minimum Gasteiger partial charge on any atom is -0.456 e. The minimum atomic E-state index is -0.529. The van der Waals surface area contributed by atoms with Gasteiger partial charge in [-0.15, -0.1) is 11.3 Å². The number of anilines is 1. The van der Waals surface area contributed by atoms with Gasteiger partial charge in [-0.05, 0) is 36.4 Å². The van der Waals surface area contributed by atoms with Crippen LogP contribution in [0.2, 0.25) is 0 Å². The fraction of sp³-hybridized carbons (Fsp3) is 0.316. The van der Waals surface area contributed by atoms with Gasteiger partial charge in [0.15, 0.2) is 12.4 Å². The molecule has 0 saturated carbocycles. The summed E-state index contributed by atoms with van der Waals surface area (Å²) in [4.78, 5) is 38.4. The molecule has 0 radical (unpaired) electrons. The molecule has 0 N–H and O–H groups in total. The number of ether oxygens (including phenoxy) is 1. The molecule has 0 bridgehead atoms. The summed E-state index contributed by atoms with van der Waals surface area (Å²) in [5.74, 6) is -0.853. The average Bonchev–Trinajstić information content (AvgIpc) is 3.24. The fourth-order valence-corrected chi connectivity index (χ4v) is 3.70. The van der Waals surface area contributed by atoms with Crippen LogP contribution in [0.25, 0.3) is 0 Å². The number of rotatable bonds is 6. The minimum absolute atomic E-state index is 0.0177. The lowest BCUT2D eigenvalue weighted by Gasteiger charge is -2.22. The number of ketones is 1. The molecule has 1 amide bonds. The lowest BCUT2D eigenvalue weighted by molar-refractivity contribution is -0.147. The zero-order chi connectivity index (χ0) is 17.8. The molecule has 1 aliphatic rings. The first-order valence-electron chi connectivity index (χ1n) is 8.18. The summed E-state index contributed by atoms with van der Waals surface area (Å²) in [6.45, 7) is 1.67. The van der Waals surface area contributed by atoms with E-state index in [1.165, 1.54) is 11.3 Å². The van der Waals surface area contributed by atoms with Gasteiger partial charge < -0.3 is 9.64 Å². The topological polar surface area (TPSA) is 63.7 Å². The Bertz CT molecular complexity index is 784. The van der Waals surface area contributed by atoms with E-state index in [-0.39, 0.29) is 37.2 Å². The van der Waals surface area contributed by atoms with E-state index in [0.717, 1.165) is 17.7 Å². The third-order valence-corrected chi connectivity index (χ3v) is 5.10. The molecule has 1 atom stereocenters. The van der Waals surface area contributed by atoms with Crippen LogP contribution in [0.5, 0.6) is 0 Å². The lowest BCUT2D eigenvalue weighted by atomic mass is 10.1. The second-order valence-corrected chi connectivity index (χ2v) is 6.95. The molecule has 1 aliphatic heterocycles. The molecule has 1 aromatic heterocycles. The standard InChI is InChI=1S/C19H19NO4S/c1-13-11-14-5-2-3-6-15(14)20(13)18(22)12-24-19(23)9-8-16(21)17-7-4-10-25-17/h2-7,10,13H,8-9,11-12H2,1H3/t13-/m0/s1. The van der Waals surface area contributed by atoms with Crippen molar-refractivity contribution < 1.29 is 19.1 Å². The van der Waals surface area contributed by atoms with E-state index in [1.54, 1.807) is 17.0 Å². The Balaban J connectivity index is 1.49. The van der Waals surface area contributed by atoms with Crippen molar-refractivity contribution in [3.8, 4) is 0 Å². The fourth-order valence-electron chi connectivity index (χ4n) is 3.01. The van der Waals surface area contributed by atoms with Gasteiger partial charge in [0.25, 0.3) is 5.91 Å². The molecule has 3 rings (SSSR count). The van der Waals surface area contributed by atoms with Gasteiger partial charge in [-0.3, -0.25) is 14.4 Å². The van der Waals surface area contributed by atoms with Crippen LogP contribution in [0.1, 0.15) is 35.0 Å². The summed E-state index contributed by atoms with van der Waals surface area (Å²) in [7, 11) is 0. The zero-order valence-corrected chi connectivity index (χ0v) is 14.8. The van der Waals surface area contributed by atoms with Gasteiger partial charge >= 0.3 is 5.97 Å². The molecule has 0 spiro atoms. The SMILES string of the molecule is C[C@H]1Cc2ccccc2N1C(=O)COC(=O)CCC(=O)c1cccs1. The first-order chi connectivity index (χ1) is 12.1. The smallest absolute Gasteiger partial charge is 0.306 e. The Hall–Kier alpha value is -2.47. The Morgan fingerprint density at radius 3 is 2.72 bits per heavy atom. The van der Waals surface area contributed by atoms with Crippen molar-refractivity contribution in [3.05, 3.63) is 52.2 Å². The summed E-state index contributed by atoms with van der Waals surface area (Å²) in [6, 6.07) is 11.3. The van der Waals surface area contributed by atoms with Crippen LogP contribution >= 0.6 is 11.3 Å². The Morgan fingerprint density at radius 1 is 1.16 bits per heavy atom. The first-order valence-corrected chi connectivity index (χ1v) is 9.06. The number of hydrogen-bond donors (Lipinski definition) is 0. The molecule has 0 saturated heterocycles. The van der Waals surface area contributed by atoms with Crippen LogP contribution in [0.3, 0.4) is 0 Å². The van der Waals surface area contributed by atoms with Crippen molar-refractivity contribution in [1.82, 2.24) is 0 Å². The molecular weight excluding hydrogens is 338 g/mol. The van der Waals surface area contributed by atoms with Gasteiger partial charge in [-0.25, -0.2) is 0 Å². The molecule has 130 valence electrons. The van der Waals surface area contributed by atoms with Gasteiger partial charge in [0.2, 0.25) is 0 Å². The Kier molecular flexibility index (Phi) is 5.28. The highest BCUT2D eigenvalue weighted by Gasteiger charge is 2.30. The van der Waals surface area contributed by atoms with Crippen molar-refractivity contribution in [2.45, 2.75) is 32.2 Å².